The van der Waals surface area contributed by atoms with Crippen LogP contribution < -0.4 is 0 Å². The average molecular weight is 682 g/mol. The van der Waals surface area contributed by atoms with Crippen molar-refractivity contribution in [2.75, 3.05) is 0 Å². The lowest BCUT2D eigenvalue weighted by Gasteiger charge is -2.11. The third-order valence-corrected chi connectivity index (χ3v) is 11.4. The van der Waals surface area contributed by atoms with Crippen molar-refractivity contribution in [3.05, 3.63) is 164 Å². The smallest absolute Gasteiger partial charge is 0.164 e. The first-order valence-electron chi connectivity index (χ1n) is 17.4. The Bertz CT molecular complexity index is 3180. The Morgan fingerprint density at radius 3 is 1.85 bits per heavy atom. The van der Waals surface area contributed by atoms with Gasteiger partial charge in [0, 0.05) is 53.0 Å². The first-order valence-corrected chi connectivity index (χ1v) is 18.2. The van der Waals surface area contributed by atoms with Crippen molar-refractivity contribution in [3.8, 4) is 45.3 Å². The van der Waals surface area contributed by atoms with Crippen molar-refractivity contribution < 1.29 is 4.42 Å². The molecular formula is C47H27N3OS. The van der Waals surface area contributed by atoms with Gasteiger partial charge < -0.3 is 4.42 Å². The van der Waals surface area contributed by atoms with Gasteiger partial charge in [0.05, 0.1) is 0 Å². The lowest BCUT2D eigenvalue weighted by molar-refractivity contribution is 0.669. The van der Waals surface area contributed by atoms with Crippen molar-refractivity contribution in [2.45, 2.75) is 0 Å². The maximum absolute atomic E-state index is 6.24. The highest BCUT2D eigenvalue weighted by molar-refractivity contribution is 7.27. The largest absolute Gasteiger partial charge is 0.456 e. The fourth-order valence-corrected chi connectivity index (χ4v) is 9.09. The minimum absolute atomic E-state index is 0.612. The van der Waals surface area contributed by atoms with E-state index in [4.69, 9.17) is 19.4 Å². The summed E-state index contributed by atoms with van der Waals surface area (Å²) in [4.78, 5) is 15.3. The third-order valence-electron chi connectivity index (χ3n) is 10.1. The van der Waals surface area contributed by atoms with Crippen LogP contribution in [0, 0.1) is 0 Å². The molecule has 0 radical (unpaired) electrons. The van der Waals surface area contributed by atoms with E-state index in [-0.39, 0.29) is 0 Å². The molecule has 0 saturated heterocycles. The molecule has 0 fully saturated rings. The van der Waals surface area contributed by atoms with Crippen LogP contribution in [0.25, 0.3) is 109 Å². The van der Waals surface area contributed by atoms with E-state index >= 15 is 0 Å². The maximum Gasteiger partial charge on any atom is 0.164 e. The van der Waals surface area contributed by atoms with Gasteiger partial charge in [-0.2, -0.15) is 0 Å². The molecule has 0 atom stereocenters. The van der Waals surface area contributed by atoms with E-state index in [0.29, 0.717) is 17.5 Å². The molecule has 3 heterocycles. The van der Waals surface area contributed by atoms with Crippen molar-refractivity contribution in [1.82, 2.24) is 15.0 Å². The highest BCUT2D eigenvalue weighted by atomic mass is 32.1. The number of benzene rings is 8. The Kier molecular flexibility index (Phi) is 6.39. The molecule has 5 heteroatoms. The number of thiophene rings is 1. The molecule has 52 heavy (non-hydrogen) atoms. The lowest BCUT2D eigenvalue weighted by atomic mass is 9.97. The maximum atomic E-state index is 6.24. The molecule has 0 spiro atoms. The number of fused-ring (bicyclic) bond motifs is 10. The van der Waals surface area contributed by atoms with Gasteiger partial charge in [-0.05, 0) is 45.5 Å². The third kappa shape index (κ3) is 4.50. The minimum atomic E-state index is 0.612. The zero-order valence-electron chi connectivity index (χ0n) is 27.7. The van der Waals surface area contributed by atoms with E-state index in [1.165, 1.54) is 47.5 Å². The second-order valence-corrected chi connectivity index (χ2v) is 14.2. The van der Waals surface area contributed by atoms with Gasteiger partial charge in [-0.25, -0.2) is 15.0 Å². The van der Waals surface area contributed by atoms with Crippen LogP contribution in [-0.4, -0.2) is 15.0 Å². The summed E-state index contributed by atoms with van der Waals surface area (Å²) in [5, 5.41) is 9.49. The van der Waals surface area contributed by atoms with Crippen molar-refractivity contribution >= 4 is 75.0 Å². The molecule has 0 bridgehead atoms. The number of hydrogen-bond acceptors (Lipinski definition) is 5. The van der Waals surface area contributed by atoms with Crippen LogP contribution in [0.5, 0.6) is 0 Å². The van der Waals surface area contributed by atoms with Gasteiger partial charge in [0.25, 0.3) is 0 Å². The number of hydrogen-bond donors (Lipinski definition) is 0. The lowest BCUT2D eigenvalue weighted by Crippen LogP contribution is -2.00. The number of aromatic nitrogens is 3. The van der Waals surface area contributed by atoms with E-state index in [2.05, 4.69) is 103 Å². The summed E-state index contributed by atoms with van der Waals surface area (Å²) in [5.41, 5.74) is 6.95. The Morgan fingerprint density at radius 1 is 0.365 bits per heavy atom. The molecule has 242 valence electrons. The Balaban J connectivity index is 1.12. The summed E-state index contributed by atoms with van der Waals surface area (Å²) >= 11 is 1.89. The summed E-state index contributed by atoms with van der Waals surface area (Å²) in [6, 6.07) is 57.3. The summed E-state index contributed by atoms with van der Waals surface area (Å²) in [6.07, 6.45) is 0. The van der Waals surface area contributed by atoms with Gasteiger partial charge in [-0.3, -0.25) is 0 Å². The molecule has 0 aliphatic rings. The average Bonchev–Trinajstić information content (AvgIpc) is 3.80. The Hall–Kier alpha value is -6.69. The summed E-state index contributed by atoms with van der Waals surface area (Å²) in [7, 11) is 0. The van der Waals surface area contributed by atoms with Crippen LogP contribution in [0.15, 0.2) is 168 Å². The molecule has 0 amide bonds. The minimum Gasteiger partial charge on any atom is -0.456 e. The van der Waals surface area contributed by atoms with Gasteiger partial charge in [0.1, 0.15) is 11.2 Å². The molecule has 3 aromatic heterocycles. The Morgan fingerprint density at radius 2 is 0.981 bits per heavy atom. The van der Waals surface area contributed by atoms with Gasteiger partial charge in [0.15, 0.2) is 17.5 Å². The molecule has 0 N–H and O–H groups in total. The van der Waals surface area contributed by atoms with Gasteiger partial charge >= 0.3 is 0 Å². The molecule has 8 aromatic carbocycles. The van der Waals surface area contributed by atoms with Crippen LogP contribution in [-0.2, 0) is 0 Å². The van der Waals surface area contributed by atoms with Crippen LogP contribution in [0.2, 0.25) is 0 Å². The molecule has 11 rings (SSSR count). The first kappa shape index (κ1) is 29.1. The standard InChI is InChI=1S/C47H27N3OS/c1-3-11-28(12-4-1)34-16-9-17-35-36-26-23-29-21-22-31-27-32(24-25-33(31)41(29)44(36)52-43(34)35)46-48-45(30-13-5-2-6-14-30)49-47(50-46)38-18-10-20-40-42(38)37-15-7-8-19-39(37)51-40/h1-27H. The quantitative estimate of drug-likeness (QED) is 0.174. The number of rotatable bonds is 4. The van der Waals surface area contributed by atoms with Gasteiger partial charge in [-0.1, -0.05) is 146 Å². The van der Waals surface area contributed by atoms with E-state index in [1.54, 1.807) is 0 Å². The monoisotopic (exact) mass is 681 g/mol. The SMILES string of the molecule is c1ccc(-c2nc(-c3ccc4c(ccc5ccc6c7cccc(-c8ccccc8)c7sc6c54)c3)nc(-c3cccc4oc5ccccc5c34)n2)cc1. The van der Waals surface area contributed by atoms with Crippen LogP contribution in [0.3, 0.4) is 0 Å². The van der Waals surface area contributed by atoms with Crippen molar-refractivity contribution in [2.24, 2.45) is 0 Å². The van der Waals surface area contributed by atoms with Crippen LogP contribution >= 0.6 is 11.3 Å². The summed E-state index contributed by atoms with van der Waals surface area (Å²) in [5.74, 6) is 1.87. The molecule has 0 aliphatic carbocycles. The predicted molar refractivity (Wildman–Crippen MR) is 217 cm³/mol. The van der Waals surface area contributed by atoms with Crippen LogP contribution in [0.1, 0.15) is 0 Å². The predicted octanol–water partition coefficient (Wildman–Crippen LogP) is 13.1. The number of nitrogens with zero attached hydrogens (tertiary/aromatic N) is 3. The van der Waals surface area contributed by atoms with Crippen LogP contribution in [0.4, 0.5) is 0 Å². The molecular weight excluding hydrogens is 655 g/mol. The topological polar surface area (TPSA) is 51.8 Å². The summed E-state index contributed by atoms with van der Waals surface area (Å²) in [6.45, 7) is 0. The van der Waals surface area contributed by atoms with E-state index in [1.807, 2.05) is 72.0 Å². The second kappa shape index (κ2) is 11.4. The highest BCUT2D eigenvalue weighted by Gasteiger charge is 2.19. The normalized spacial score (nSPS) is 11.8. The van der Waals surface area contributed by atoms with E-state index < -0.39 is 0 Å². The highest BCUT2D eigenvalue weighted by Crippen LogP contribution is 2.45. The Labute approximate surface area is 302 Å². The molecule has 0 saturated carbocycles. The molecule has 0 aliphatic heterocycles. The van der Waals surface area contributed by atoms with Gasteiger partial charge in [-0.15, -0.1) is 11.3 Å². The van der Waals surface area contributed by atoms with Gasteiger partial charge in [0.2, 0.25) is 0 Å². The molecule has 11 aromatic rings. The fraction of sp³-hybridized carbons (Fsp3) is 0. The number of para-hydroxylation sites is 1. The fourth-order valence-electron chi connectivity index (χ4n) is 7.69. The van der Waals surface area contributed by atoms with E-state index in [9.17, 15) is 0 Å². The first-order chi connectivity index (χ1) is 25.8. The molecule has 0 unspecified atom stereocenters. The zero-order chi connectivity index (χ0) is 34.2. The summed E-state index contributed by atoms with van der Waals surface area (Å²) < 4.78 is 8.86. The zero-order valence-corrected chi connectivity index (χ0v) is 28.6. The van der Waals surface area contributed by atoms with Crippen molar-refractivity contribution in [3.63, 3.8) is 0 Å². The second-order valence-electron chi connectivity index (χ2n) is 13.1. The van der Waals surface area contributed by atoms with Crippen molar-refractivity contribution in [1.29, 1.82) is 0 Å². The van der Waals surface area contributed by atoms with E-state index in [0.717, 1.165) is 44.0 Å². The molecule has 4 nitrogen and oxygen atoms in total. The number of furan rings is 1.